The van der Waals surface area contributed by atoms with Gasteiger partial charge in [0.25, 0.3) is 10.1 Å². The molecule has 0 spiro atoms. The molecule has 1 aliphatic heterocycles. The molecule has 0 aromatic rings. The van der Waals surface area contributed by atoms with Gasteiger partial charge < -0.3 is 4.90 Å². The van der Waals surface area contributed by atoms with Crippen LogP contribution in [0.2, 0.25) is 0 Å². The van der Waals surface area contributed by atoms with Gasteiger partial charge >= 0.3 is 0 Å². The third kappa shape index (κ3) is 6.32. The molecular formula is C8H18N2O4S. The molecule has 1 atom stereocenters. The Labute approximate surface area is 90.8 Å². The van der Waals surface area contributed by atoms with Crippen molar-refractivity contribution in [3.05, 3.63) is 12.4 Å². The first-order valence-corrected chi connectivity index (χ1v) is 6.29. The second kappa shape index (κ2) is 5.94. The summed E-state index contributed by atoms with van der Waals surface area (Å²) in [5.41, 5.74) is 0. The summed E-state index contributed by atoms with van der Waals surface area (Å²) in [6.07, 6.45) is 6.11. The van der Waals surface area contributed by atoms with E-state index in [4.69, 9.17) is 9.39 Å². The van der Waals surface area contributed by atoms with Gasteiger partial charge in [-0.3, -0.25) is 9.39 Å². The van der Waals surface area contributed by atoms with Crippen molar-refractivity contribution in [1.29, 1.82) is 0 Å². The van der Waals surface area contributed by atoms with Crippen LogP contribution >= 0.6 is 0 Å². The Morgan fingerprint density at radius 3 is 2.20 bits per heavy atom. The summed E-state index contributed by atoms with van der Waals surface area (Å²) in [5, 5.41) is 1.85. The van der Waals surface area contributed by atoms with Crippen molar-refractivity contribution in [2.75, 3.05) is 20.4 Å². The van der Waals surface area contributed by atoms with Crippen LogP contribution in [0.4, 0.5) is 0 Å². The molecule has 0 aliphatic carbocycles. The molecule has 1 rings (SSSR count). The molecule has 0 saturated carbocycles. The Morgan fingerprint density at radius 2 is 1.93 bits per heavy atom. The van der Waals surface area contributed by atoms with Gasteiger partial charge in [0.1, 0.15) is 6.17 Å². The van der Waals surface area contributed by atoms with Crippen LogP contribution in [0.5, 0.6) is 0 Å². The summed E-state index contributed by atoms with van der Waals surface area (Å²) in [4.78, 5) is 7.22. The summed E-state index contributed by atoms with van der Waals surface area (Å²) in [7, 11) is 0.0653. The van der Waals surface area contributed by atoms with Crippen LogP contribution in [-0.2, 0) is 15.0 Å². The highest BCUT2D eigenvalue weighted by Crippen LogP contribution is 2.15. The normalized spacial score (nSPS) is 20.2. The van der Waals surface area contributed by atoms with Crippen LogP contribution in [0, 0.1) is 0 Å². The number of hydrogen-bond donors (Lipinski definition) is 1. The summed E-state index contributed by atoms with van der Waals surface area (Å²) in [5.74, 6) is 0. The molecule has 0 bridgehead atoms. The van der Waals surface area contributed by atoms with Crippen molar-refractivity contribution in [3.8, 4) is 0 Å². The fourth-order valence-corrected chi connectivity index (χ4v) is 1.20. The number of rotatable bonds is 2. The van der Waals surface area contributed by atoms with Gasteiger partial charge in [-0.25, -0.2) is 5.06 Å². The van der Waals surface area contributed by atoms with Crippen LogP contribution in [0.1, 0.15) is 13.3 Å². The second-order valence-corrected chi connectivity index (χ2v) is 4.59. The highest BCUT2D eigenvalue weighted by molar-refractivity contribution is 7.85. The predicted molar refractivity (Wildman–Crippen MR) is 57.3 cm³/mol. The monoisotopic (exact) mass is 238 g/mol. The van der Waals surface area contributed by atoms with E-state index in [0.717, 1.165) is 6.42 Å². The fraction of sp³-hybridized carbons (Fsp3) is 0.750. The molecule has 15 heavy (non-hydrogen) atoms. The molecule has 0 aromatic carbocycles. The van der Waals surface area contributed by atoms with Gasteiger partial charge in [0.15, 0.2) is 0 Å². The van der Waals surface area contributed by atoms with Crippen molar-refractivity contribution >= 4 is 10.1 Å². The molecule has 1 aliphatic rings. The van der Waals surface area contributed by atoms with Crippen molar-refractivity contribution in [2.45, 2.75) is 19.5 Å². The summed E-state index contributed by atoms with van der Waals surface area (Å²) in [6.45, 7) is 2.14. The fourth-order valence-electron chi connectivity index (χ4n) is 1.20. The third-order valence-electron chi connectivity index (χ3n) is 1.79. The maximum absolute atomic E-state index is 9.19. The zero-order chi connectivity index (χ0) is 12.1. The van der Waals surface area contributed by atoms with Crippen molar-refractivity contribution in [1.82, 2.24) is 9.96 Å². The standard InChI is InChI=1S/C7H14N2O.CH4O3S/c1-4-7-8(2)5-6-9(7)10-3;1-5(2,3)4/h5-7H,4H2,1-3H3;1H3,(H,2,3,4). The first-order chi connectivity index (χ1) is 6.79. The Kier molecular flexibility index (Phi) is 5.63. The Bertz CT molecular complexity index is 294. The quantitative estimate of drug-likeness (QED) is 0.707. The van der Waals surface area contributed by atoms with E-state index in [0.29, 0.717) is 12.4 Å². The van der Waals surface area contributed by atoms with Crippen molar-refractivity contribution in [3.63, 3.8) is 0 Å². The second-order valence-electron chi connectivity index (χ2n) is 3.13. The van der Waals surface area contributed by atoms with Crippen molar-refractivity contribution in [2.24, 2.45) is 0 Å². The highest BCUT2D eigenvalue weighted by atomic mass is 32.2. The largest absolute Gasteiger partial charge is 0.357 e. The van der Waals surface area contributed by atoms with Crippen LogP contribution in [0.25, 0.3) is 0 Å². The lowest BCUT2D eigenvalue weighted by Gasteiger charge is -2.26. The third-order valence-corrected chi connectivity index (χ3v) is 1.79. The summed E-state index contributed by atoms with van der Waals surface area (Å²) < 4.78 is 25.9. The van der Waals surface area contributed by atoms with Gasteiger partial charge in [-0.2, -0.15) is 8.42 Å². The number of hydroxylamine groups is 2. The first-order valence-electron chi connectivity index (χ1n) is 4.44. The lowest BCUT2D eigenvalue weighted by Crippen LogP contribution is -2.34. The Balaban J connectivity index is 0.000000336. The molecule has 6 nitrogen and oxygen atoms in total. The van der Waals surface area contributed by atoms with Crippen LogP contribution < -0.4 is 0 Å². The van der Waals surface area contributed by atoms with Crippen LogP contribution in [-0.4, -0.2) is 49.5 Å². The van der Waals surface area contributed by atoms with Gasteiger partial charge in [-0.05, 0) is 6.42 Å². The topological polar surface area (TPSA) is 70.1 Å². The molecule has 0 amide bonds. The van der Waals surface area contributed by atoms with E-state index < -0.39 is 10.1 Å². The zero-order valence-corrected chi connectivity index (χ0v) is 10.2. The maximum atomic E-state index is 9.19. The molecule has 7 heteroatoms. The van der Waals surface area contributed by atoms with Crippen LogP contribution in [0.3, 0.4) is 0 Å². The molecule has 0 saturated heterocycles. The van der Waals surface area contributed by atoms with Gasteiger partial charge in [0.05, 0.1) is 13.4 Å². The smallest absolute Gasteiger partial charge is 0.261 e. The number of nitrogens with zero attached hydrogens (tertiary/aromatic N) is 2. The average Bonchev–Trinajstić information content (AvgIpc) is 2.43. The van der Waals surface area contributed by atoms with E-state index in [1.165, 1.54) is 0 Å². The first kappa shape index (κ1) is 14.2. The summed E-state index contributed by atoms with van der Waals surface area (Å²) >= 11 is 0. The molecule has 1 heterocycles. The van der Waals surface area contributed by atoms with Crippen LogP contribution in [0.15, 0.2) is 12.4 Å². The Hall–Kier alpha value is -0.790. The lowest BCUT2D eigenvalue weighted by atomic mass is 10.4. The molecular weight excluding hydrogens is 220 g/mol. The molecule has 0 radical (unpaired) electrons. The zero-order valence-electron chi connectivity index (χ0n) is 9.41. The van der Waals surface area contributed by atoms with Gasteiger partial charge in [0.2, 0.25) is 0 Å². The van der Waals surface area contributed by atoms with E-state index >= 15 is 0 Å². The van der Waals surface area contributed by atoms with E-state index in [-0.39, 0.29) is 0 Å². The lowest BCUT2D eigenvalue weighted by molar-refractivity contribution is -0.136. The average molecular weight is 238 g/mol. The number of hydrogen-bond acceptors (Lipinski definition) is 5. The molecule has 1 unspecified atom stereocenters. The SMILES string of the molecule is CCC1N(C)C=CN1OC.CS(=O)(=O)O. The van der Waals surface area contributed by atoms with Gasteiger partial charge in [-0.15, -0.1) is 0 Å². The van der Waals surface area contributed by atoms with E-state index in [2.05, 4.69) is 11.8 Å². The minimum absolute atomic E-state index is 0.380. The molecule has 0 fully saturated rings. The highest BCUT2D eigenvalue weighted by Gasteiger charge is 2.20. The minimum atomic E-state index is -3.67. The predicted octanol–water partition coefficient (Wildman–Crippen LogP) is 0.507. The van der Waals surface area contributed by atoms with E-state index in [1.807, 2.05) is 24.5 Å². The Morgan fingerprint density at radius 1 is 1.47 bits per heavy atom. The molecule has 1 N–H and O–H groups in total. The minimum Gasteiger partial charge on any atom is -0.357 e. The molecule has 0 aromatic heterocycles. The van der Waals surface area contributed by atoms with Gasteiger partial charge in [0, 0.05) is 19.4 Å². The molecule has 90 valence electrons. The van der Waals surface area contributed by atoms with Crippen molar-refractivity contribution < 1.29 is 17.8 Å². The van der Waals surface area contributed by atoms with E-state index in [9.17, 15) is 8.42 Å². The summed E-state index contributed by atoms with van der Waals surface area (Å²) in [6, 6.07) is 0. The van der Waals surface area contributed by atoms with E-state index in [1.54, 1.807) is 7.11 Å². The maximum Gasteiger partial charge on any atom is 0.261 e. The van der Waals surface area contributed by atoms with Gasteiger partial charge in [-0.1, -0.05) is 6.92 Å².